The van der Waals surface area contributed by atoms with Crippen molar-refractivity contribution in [3.05, 3.63) is 12.7 Å². The molecule has 1 N–H and O–H groups in total. The Labute approximate surface area is 85.9 Å². The molecular weight excluding hydrogens is 180 g/mol. The number of carbonyl (C=O) groups excluding carboxylic acids is 1. The lowest BCUT2D eigenvalue weighted by atomic mass is 10.4. The minimum Gasteiger partial charge on any atom is -0.380 e. The van der Waals surface area contributed by atoms with Crippen LogP contribution in [-0.2, 0) is 9.53 Å². The predicted molar refractivity (Wildman–Crippen MR) is 57.2 cm³/mol. The summed E-state index contributed by atoms with van der Waals surface area (Å²) in [5.41, 5.74) is 0. The first-order chi connectivity index (χ1) is 6.72. The monoisotopic (exact) mass is 200 g/mol. The van der Waals surface area contributed by atoms with Crippen molar-refractivity contribution >= 4 is 5.91 Å². The van der Waals surface area contributed by atoms with E-state index in [2.05, 4.69) is 11.9 Å². The van der Waals surface area contributed by atoms with Crippen molar-refractivity contribution in [3.63, 3.8) is 0 Å². The second-order valence-corrected chi connectivity index (χ2v) is 2.93. The zero-order chi connectivity index (χ0) is 10.8. The Morgan fingerprint density at radius 1 is 1.64 bits per heavy atom. The SMILES string of the molecule is C=CCNCC(=O)N(C)CCOCC. The molecule has 0 saturated heterocycles. The van der Waals surface area contributed by atoms with Gasteiger partial charge in [0.15, 0.2) is 0 Å². The maximum atomic E-state index is 11.4. The molecule has 0 aliphatic rings. The van der Waals surface area contributed by atoms with Crippen LogP contribution >= 0.6 is 0 Å². The molecule has 0 radical (unpaired) electrons. The zero-order valence-corrected chi connectivity index (χ0v) is 9.08. The summed E-state index contributed by atoms with van der Waals surface area (Å²) in [4.78, 5) is 13.0. The van der Waals surface area contributed by atoms with Gasteiger partial charge in [-0.2, -0.15) is 0 Å². The highest BCUT2D eigenvalue weighted by molar-refractivity contribution is 5.77. The van der Waals surface area contributed by atoms with E-state index in [-0.39, 0.29) is 5.91 Å². The van der Waals surface area contributed by atoms with Crippen molar-refractivity contribution in [2.24, 2.45) is 0 Å². The number of hydrogen-bond acceptors (Lipinski definition) is 3. The summed E-state index contributed by atoms with van der Waals surface area (Å²) < 4.78 is 5.15. The van der Waals surface area contributed by atoms with E-state index in [9.17, 15) is 4.79 Å². The van der Waals surface area contributed by atoms with Crippen LogP contribution in [0.3, 0.4) is 0 Å². The fourth-order valence-corrected chi connectivity index (χ4v) is 0.887. The second-order valence-electron chi connectivity index (χ2n) is 2.93. The predicted octanol–water partition coefficient (Wildman–Crippen LogP) is 0.257. The lowest BCUT2D eigenvalue weighted by Gasteiger charge is -2.16. The highest BCUT2D eigenvalue weighted by Gasteiger charge is 2.06. The summed E-state index contributed by atoms with van der Waals surface area (Å²) in [7, 11) is 1.77. The van der Waals surface area contributed by atoms with Crippen LogP contribution in [0, 0.1) is 0 Å². The quantitative estimate of drug-likeness (QED) is 0.451. The number of nitrogens with one attached hydrogen (secondary N) is 1. The topological polar surface area (TPSA) is 41.6 Å². The Bertz CT molecular complexity index is 172. The molecule has 0 heterocycles. The molecule has 0 spiro atoms. The third kappa shape index (κ3) is 6.62. The molecule has 0 rings (SSSR count). The maximum Gasteiger partial charge on any atom is 0.236 e. The number of likely N-dealkylation sites (N-methyl/N-ethyl adjacent to an activating group) is 1. The Kier molecular flexibility index (Phi) is 8.17. The molecular formula is C10H20N2O2. The number of carbonyl (C=O) groups is 1. The number of rotatable bonds is 8. The normalized spacial score (nSPS) is 9.86. The van der Waals surface area contributed by atoms with E-state index >= 15 is 0 Å². The fourth-order valence-electron chi connectivity index (χ4n) is 0.887. The summed E-state index contributed by atoms with van der Waals surface area (Å²) in [6.45, 7) is 8.44. The van der Waals surface area contributed by atoms with Gasteiger partial charge in [0.05, 0.1) is 13.2 Å². The van der Waals surface area contributed by atoms with E-state index in [1.54, 1.807) is 18.0 Å². The average Bonchev–Trinajstić information content (AvgIpc) is 2.18. The molecule has 0 aromatic carbocycles. The summed E-state index contributed by atoms with van der Waals surface area (Å²) in [6, 6.07) is 0. The van der Waals surface area contributed by atoms with Crippen LogP contribution in [-0.4, -0.2) is 50.7 Å². The molecule has 4 heteroatoms. The van der Waals surface area contributed by atoms with Gasteiger partial charge in [-0.05, 0) is 6.92 Å². The smallest absolute Gasteiger partial charge is 0.236 e. The van der Waals surface area contributed by atoms with Crippen LogP contribution in [0.15, 0.2) is 12.7 Å². The summed E-state index contributed by atoms with van der Waals surface area (Å²) in [5, 5.41) is 2.96. The van der Waals surface area contributed by atoms with Crippen LogP contribution in [0.5, 0.6) is 0 Å². The maximum absolute atomic E-state index is 11.4. The van der Waals surface area contributed by atoms with Gasteiger partial charge in [-0.3, -0.25) is 4.79 Å². The minimum atomic E-state index is 0.0755. The Morgan fingerprint density at radius 3 is 2.93 bits per heavy atom. The van der Waals surface area contributed by atoms with E-state index in [0.717, 1.165) is 0 Å². The van der Waals surface area contributed by atoms with E-state index in [1.165, 1.54) is 0 Å². The largest absolute Gasteiger partial charge is 0.380 e. The molecule has 82 valence electrons. The summed E-state index contributed by atoms with van der Waals surface area (Å²) in [6.07, 6.45) is 1.73. The highest BCUT2D eigenvalue weighted by atomic mass is 16.5. The van der Waals surface area contributed by atoms with Crippen molar-refractivity contribution in [1.29, 1.82) is 0 Å². The molecule has 0 aliphatic carbocycles. The number of nitrogens with zero attached hydrogens (tertiary/aromatic N) is 1. The minimum absolute atomic E-state index is 0.0755. The molecule has 4 nitrogen and oxygen atoms in total. The summed E-state index contributed by atoms with van der Waals surface area (Å²) in [5.74, 6) is 0.0755. The Morgan fingerprint density at radius 2 is 2.36 bits per heavy atom. The Hall–Kier alpha value is -0.870. The van der Waals surface area contributed by atoms with Crippen molar-refractivity contribution in [2.45, 2.75) is 6.92 Å². The van der Waals surface area contributed by atoms with Crippen LogP contribution < -0.4 is 5.32 Å². The highest BCUT2D eigenvalue weighted by Crippen LogP contribution is 1.84. The van der Waals surface area contributed by atoms with Gasteiger partial charge in [0, 0.05) is 26.7 Å². The number of amides is 1. The number of ether oxygens (including phenoxy) is 1. The zero-order valence-electron chi connectivity index (χ0n) is 9.08. The number of hydrogen-bond donors (Lipinski definition) is 1. The molecule has 14 heavy (non-hydrogen) atoms. The van der Waals surface area contributed by atoms with Gasteiger partial charge < -0.3 is 15.0 Å². The van der Waals surface area contributed by atoms with Gasteiger partial charge >= 0.3 is 0 Å². The van der Waals surface area contributed by atoms with Gasteiger partial charge in [-0.15, -0.1) is 6.58 Å². The van der Waals surface area contributed by atoms with Crippen molar-refractivity contribution < 1.29 is 9.53 Å². The molecule has 0 aromatic heterocycles. The van der Waals surface area contributed by atoms with E-state index in [0.29, 0.717) is 32.8 Å². The van der Waals surface area contributed by atoms with Crippen molar-refractivity contribution in [2.75, 3.05) is 39.9 Å². The van der Waals surface area contributed by atoms with E-state index in [1.807, 2.05) is 6.92 Å². The first-order valence-electron chi connectivity index (χ1n) is 4.85. The lowest BCUT2D eigenvalue weighted by Crippen LogP contribution is -2.37. The Balaban J connectivity index is 3.49. The van der Waals surface area contributed by atoms with Gasteiger partial charge in [0.1, 0.15) is 0 Å². The van der Waals surface area contributed by atoms with Crippen LogP contribution in [0.1, 0.15) is 6.92 Å². The third-order valence-electron chi connectivity index (χ3n) is 1.77. The third-order valence-corrected chi connectivity index (χ3v) is 1.77. The standard InChI is InChI=1S/C10H20N2O2/c1-4-6-11-9-10(13)12(3)7-8-14-5-2/h4,11H,1,5-9H2,2-3H3. The molecule has 1 amide bonds. The van der Waals surface area contributed by atoms with Gasteiger partial charge in [0.2, 0.25) is 5.91 Å². The van der Waals surface area contributed by atoms with E-state index in [4.69, 9.17) is 4.74 Å². The lowest BCUT2D eigenvalue weighted by molar-refractivity contribution is -0.129. The molecule has 0 bridgehead atoms. The first-order valence-corrected chi connectivity index (χ1v) is 4.85. The fraction of sp³-hybridized carbons (Fsp3) is 0.700. The second kappa shape index (κ2) is 8.72. The molecule has 0 atom stereocenters. The molecule has 0 aliphatic heterocycles. The van der Waals surface area contributed by atoms with Crippen molar-refractivity contribution in [3.8, 4) is 0 Å². The van der Waals surface area contributed by atoms with Gasteiger partial charge in [0.25, 0.3) is 0 Å². The van der Waals surface area contributed by atoms with Crippen LogP contribution in [0.25, 0.3) is 0 Å². The molecule has 0 unspecified atom stereocenters. The molecule has 0 saturated carbocycles. The van der Waals surface area contributed by atoms with Gasteiger partial charge in [-0.25, -0.2) is 0 Å². The summed E-state index contributed by atoms with van der Waals surface area (Å²) >= 11 is 0. The average molecular weight is 200 g/mol. The van der Waals surface area contributed by atoms with Crippen LogP contribution in [0.4, 0.5) is 0 Å². The van der Waals surface area contributed by atoms with Gasteiger partial charge in [-0.1, -0.05) is 6.08 Å². The first kappa shape index (κ1) is 13.1. The molecule has 0 aromatic rings. The van der Waals surface area contributed by atoms with Crippen molar-refractivity contribution in [1.82, 2.24) is 10.2 Å². The van der Waals surface area contributed by atoms with E-state index < -0.39 is 0 Å². The van der Waals surface area contributed by atoms with Crippen LogP contribution in [0.2, 0.25) is 0 Å². The molecule has 0 fully saturated rings.